The Morgan fingerprint density at radius 1 is 1.22 bits per heavy atom. The standard InChI is InChI=1S/C10H13ClN6O/c1-3-12-9-14-8(11)15-10(16-9)13-5-7-4-6(2)17-18-7/h4H,3,5H2,1-2H3,(H2,12,13,14,15,16). The molecule has 2 heterocycles. The van der Waals surface area contributed by atoms with Crippen LogP contribution in [0.5, 0.6) is 0 Å². The number of nitrogens with zero attached hydrogens (tertiary/aromatic N) is 4. The first-order valence-corrected chi connectivity index (χ1v) is 5.86. The van der Waals surface area contributed by atoms with Crippen LogP contribution < -0.4 is 10.6 Å². The summed E-state index contributed by atoms with van der Waals surface area (Å²) in [6, 6.07) is 1.83. The van der Waals surface area contributed by atoms with Crippen molar-refractivity contribution in [2.24, 2.45) is 0 Å². The van der Waals surface area contributed by atoms with Crippen molar-refractivity contribution in [2.45, 2.75) is 20.4 Å². The Morgan fingerprint density at radius 3 is 2.56 bits per heavy atom. The van der Waals surface area contributed by atoms with Crippen molar-refractivity contribution in [2.75, 3.05) is 17.2 Å². The molecule has 0 fully saturated rings. The molecular weight excluding hydrogens is 256 g/mol. The second-order valence-corrected chi connectivity index (χ2v) is 3.91. The number of aryl methyl sites for hydroxylation is 1. The fraction of sp³-hybridized carbons (Fsp3) is 0.400. The number of aromatic nitrogens is 4. The molecule has 0 amide bonds. The summed E-state index contributed by atoms with van der Waals surface area (Å²) in [7, 11) is 0. The largest absolute Gasteiger partial charge is 0.359 e. The molecule has 0 atom stereocenters. The summed E-state index contributed by atoms with van der Waals surface area (Å²) in [5, 5.41) is 9.89. The fourth-order valence-corrected chi connectivity index (χ4v) is 1.49. The topological polar surface area (TPSA) is 88.8 Å². The van der Waals surface area contributed by atoms with E-state index in [0.29, 0.717) is 30.7 Å². The molecule has 0 spiro atoms. The van der Waals surface area contributed by atoms with Gasteiger partial charge in [0.05, 0.1) is 12.2 Å². The van der Waals surface area contributed by atoms with E-state index in [1.807, 2.05) is 19.9 Å². The number of hydrogen-bond acceptors (Lipinski definition) is 7. The minimum atomic E-state index is 0.136. The van der Waals surface area contributed by atoms with Gasteiger partial charge in [0.25, 0.3) is 0 Å². The third-order valence-corrected chi connectivity index (χ3v) is 2.21. The number of hydrogen-bond donors (Lipinski definition) is 2. The molecule has 0 aliphatic heterocycles. The second-order valence-electron chi connectivity index (χ2n) is 3.57. The second kappa shape index (κ2) is 5.63. The van der Waals surface area contributed by atoms with Crippen molar-refractivity contribution in [3.63, 3.8) is 0 Å². The molecule has 0 aliphatic rings. The van der Waals surface area contributed by atoms with E-state index in [2.05, 4.69) is 30.7 Å². The quantitative estimate of drug-likeness (QED) is 0.855. The highest BCUT2D eigenvalue weighted by atomic mass is 35.5. The predicted molar refractivity (Wildman–Crippen MR) is 67.6 cm³/mol. The number of halogens is 1. The van der Waals surface area contributed by atoms with Gasteiger partial charge in [0.2, 0.25) is 17.2 Å². The highest BCUT2D eigenvalue weighted by Crippen LogP contribution is 2.11. The van der Waals surface area contributed by atoms with Crippen molar-refractivity contribution in [3.8, 4) is 0 Å². The van der Waals surface area contributed by atoms with Crippen molar-refractivity contribution in [1.29, 1.82) is 0 Å². The Kier molecular flexibility index (Phi) is 3.93. The van der Waals surface area contributed by atoms with Gasteiger partial charge in [-0.15, -0.1) is 0 Å². The molecule has 2 rings (SSSR count). The maximum absolute atomic E-state index is 5.79. The van der Waals surface area contributed by atoms with E-state index in [0.717, 1.165) is 5.69 Å². The van der Waals surface area contributed by atoms with Gasteiger partial charge in [0.15, 0.2) is 5.76 Å². The van der Waals surface area contributed by atoms with E-state index < -0.39 is 0 Å². The lowest BCUT2D eigenvalue weighted by molar-refractivity contribution is 0.384. The first-order chi connectivity index (χ1) is 8.67. The molecule has 0 saturated heterocycles. The third kappa shape index (κ3) is 3.30. The molecule has 2 aromatic rings. The van der Waals surface area contributed by atoms with Gasteiger partial charge in [0, 0.05) is 12.6 Å². The van der Waals surface area contributed by atoms with Crippen LogP contribution in [0, 0.1) is 6.92 Å². The normalized spacial score (nSPS) is 10.4. The predicted octanol–water partition coefficient (Wildman–Crippen LogP) is 1.87. The van der Waals surface area contributed by atoms with Crippen LogP contribution in [0.2, 0.25) is 5.28 Å². The van der Waals surface area contributed by atoms with E-state index in [1.54, 1.807) is 0 Å². The van der Waals surface area contributed by atoms with Gasteiger partial charge in [-0.25, -0.2) is 0 Å². The molecule has 2 aromatic heterocycles. The number of nitrogens with one attached hydrogen (secondary N) is 2. The molecule has 18 heavy (non-hydrogen) atoms. The SMILES string of the molecule is CCNc1nc(Cl)nc(NCc2cc(C)no2)n1. The molecule has 0 aromatic carbocycles. The minimum absolute atomic E-state index is 0.136. The molecule has 7 nitrogen and oxygen atoms in total. The summed E-state index contributed by atoms with van der Waals surface area (Å²) in [6.45, 7) is 4.95. The lowest BCUT2D eigenvalue weighted by Gasteiger charge is -2.05. The van der Waals surface area contributed by atoms with E-state index in [-0.39, 0.29) is 5.28 Å². The van der Waals surface area contributed by atoms with Crippen LogP contribution in [-0.2, 0) is 6.54 Å². The lowest BCUT2D eigenvalue weighted by atomic mass is 10.4. The van der Waals surface area contributed by atoms with Gasteiger partial charge in [-0.05, 0) is 25.4 Å². The van der Waals surface area contributed by atoms with Gasteiger partial charge < -0.3 is 15.2 Å². The van der Waals surface area contributed by atoms with Crippen LogP contribution in [0.25, 0.3) is 0 Å². The molecule has 0 aliphatic carbocycles. The number of anilines is 2. The summed E-state index contributed by atoms with van der Waals surface area (Å²) in [5.41, 5.74) is 0.828. The van der Waals surface area contributed by atoms with Crippen LogP contribution in [0.15, 0.2) is 10.6 Å². The smallest absolute Gasteiger partial charge is 0.229 e. The highest BCUT2D eigenvalue weighted by molar-refractivity contribution is 6.28. The Labute approximate surface area is 109 Å². The van der Waals surface area contributed by atoms with Crippen LogP contribution in [0.3, 0.4) is 0 Å². The van der Waals surface area contributed by atoms with Gasteiger partial charge in [0.1, 0.15) is 0 Å². The lowest BCUT2D eigenvalue weighted by Crippen LogP contribution is -2.08. The Hall–Kier alpha value is -1.89. The molecule has 2 N–H and O–H groups in total. The van der Waals surface area contributed by atoms with E-state index in [4.69, 9.17) is 16.1 Å². The molecule has 96 valence electrons. The summed E-state index contributed by atoms with van der Waals surface area (Å²) in [4.78, 5) is 12.1. The average Bonchev–Trinajstić information content (AvgIpc) is 2.72. The van der Waals surface area contributed by atoms with E-state index >= 15 is 0 Å². The Morgan fingerprint density at radius 2 is 1.94 bits per heavy atom. The molecule has 0 radical (unpaired) electrons. The van der Waals surface area contributed by atoms with Crippen molar-refractivity contribution in [3.05, 3.63) is 22.8 Å². The minimum Gasteiger partial charge on any atom is -0.359 e. The maximum Gasteiger partial charge on any atom is 0.229 e. The Bertz CT molecular complexity index is 529. The summed E-state index contributed by atoms with van der Waals surface area (Å²) >= 11 is 5.79. The molecule has 8 heteroatoms. The molecule has 0 saturated carbocycles. The van der Waals surface area contributed by atoms with Crippen LogP contribution in [0.4, 0.5) is 11.9 Å². The van der Waals surface area contributed by atoms with Crippen molar-refractivity contribution < 1.29 is 4.52 Å². The first-order valence-electron chi connectivity index (χ1n) is 5.49. The Balaban J connectivity index is 2.04. The molecular formula is C10H13ClN6O. The zero-order valence-electron chi connectivity index (χ0n) is 10.1. The maximum atomic E-state index is 5.79. The first kappa shape index (κ1) is 12.6. The van der Waals surface area contributed by atoms with E-state index in [9.17, 15) is 0 Å². The van der Waals surface area contributed by atoms with Gasteiger partial charge >= 0.3 is 0 Å². The highest BCUT2D eigenvalue weighted by Gasteiger charge is 2.05. The number of rotatable bonds is 5. The third-order valence-electron chi connectivity index (χ3n) is 2.04. The zero-order valence-corrected chi connectivity index (χ0v) is 10.8. The monoisotopic (exact) mass is 268 g/mol. The molecule has 0 unspecified atom stereocenters. The van der Waals surface area contributed by atoms with Crippen LogP contribution in [0.1, 0.15) is 18.4 Å². The van der Waals surface area contributed by atoms with Gasteiger partial charge in [-0.2, -0.15) is 15.0 Å². The van der Waals surface area contributed by atoms with Crippen LogP contribution >= 0.6 is 11.6 Å². The van der Waals surface area contributed by atoms with Gasteiger partial charge in [-0.1, -0.05) is 5.16 Å². The zero-order chi connectivity index (χ0) is 13.0. The summed E-state index contributed by atoms with van der Waals surface area (Å²) < 4.78 is 5.06. The van der Waals surface area contributed by atoms with Crippen molar-refractivity contribution in [1.82, 2.24) is 20.1 Å². The summed E-state index contributed by atoms with van der Waals surface area (Å²) in [5.74, 6) is 1.53. The molecule has 0 bridgehead atoms. The summed E-state index contributed by atoms with van der Waals surface area (Å²) in [6.07, 6.45) is 0. The van der Waals surface area contributed by atoms with Gasteiger partial charge in [-0.3, -0.25) is 0 Å². The van der Waals surface area contributed by atoms with Crippen LogP contribution in [-0.4, -0.2) is 26.7 Å². The van der Waals surface area contributed by atoms with E-state index in [1.165, 1.54) is 0 Å². The fourth-order valence-electron chi connectivity index (χ4n) is 1.33. The van der Waals surface area contributed by atoms with Crippen molar-refractivity contribution >= 4 is 23.5 Å². The average molecular weight is 269 g/mol.